The number of nitrogens with zero attached hydrogens (tertiary/aromatic N) is 1. The second-order valence-electron chi connectivity index (χ2n) is 4.93. The van der Waals surface area contributed by atoms with Gasteiger partial charge in [0.1, 0.15) is 0 Å². The van der Waals surface area contributed by atoms with Crippen molar-refractivity contribution < 1.29 is 0 Å². The van der Waals surface area contributed by atoms with Crippen LogP contribution in [0.2, 0.25) is 5.02 Å². The van der Waals surface area contributed by atoms with Crippen LogP contribution in [0.15, 0.2) is 22.7 Å². The van der Waals surface area contributed by atoms with Crippen molar-refractivity contribution >= 4 is 27.5 Å². The average molecular weight is 332 g/mol. The number of benzene rings is 1. The van der Waals surface area contributed by atoms with E-state index in [0.717, 1.165) is 29.1 Å². The summed E-state index contributed by atoms with van der Waals surface area (Å²) in [6.45, 7) is 5.26. The number of hydrogen-bond donors (Lipinski definition) is 1. The quantitative estimate of drug-likeness (QED) is 0.908. The van der Waals surface area contributed by atoms with Crippen LogP contribution in [0.5, 0.6) is 0 Å². The zero-order chi connectivity index (χ0) is 13.1. The molecule has 1 saturated heterocycles. The van der Waals surface area contributed by atoms with E-state index < -0.39 is 0 Å². The molecule has 2 atom stereocenters. The molecule has 1 aliphatic heterocycles. The van der Waals surface area contributed by atoms with Crippen molar-refractivity contribution in [2.75, 3.05) is 19.6 Å². The Morgan fingerprint density at radius 3 is 2.89 bits per heavy atom. The van der Waals surface area contributed by atoms with E-state index in [0.29, 0.717) is 12.0 Å². The van der Waals surface area contributed by atoms with Crippen molar-refractivity contribution in [2.24, 2.45) is 11.7 Å². The van der Waals surface area contributed by atoms with E-state index in [2.05, 4.69) is 33.8 Å². The van der Waals surface area contributed by atoms with Gasteiger partial charge in [-0.05, 0) is 56.1 Å². The third kappa shape index (κ3) is 2.90. The first kappa shape index (κ1) is 14.3. The second kappa shape index (κ2) is 6.38. The molecule has 0 radical (unpaired) electrons. The summed E-state index contributed by atoms with van der Waals surface area (Å²) < 4.78 is 1.10. The maximum Gasteiger partial charge on any atom is 0.0417 e. The minimum Gasteiger partial charge on any atom is -0.330 e. The molecule has 2 nitrogen and oxygen atoms in total. The van der Waals surface area contributed by atoms with Crippen LogP contribution < -0.4 is 5.73 Å². The molecule has 0 saturated carbocycles. The van der Waals surface area contributed by atoms with E-state index in [1.807, 2.05) is 12.1 Å². The van der Waals surface area contributed by atoms with Crippen LogP contribution in [0.4, 0.5) is 0 Å². The third-order valence-corrected chi connectivity index (χ3v) is 4.64. The third-order valence-electron chi connectivity index (χ3n) is 3.72. The first-order valence-corrected chi connectivity index (χ1v) is 7.73. The van der Waals surface area contributed by atoms with Crippen molar-refractivity contribution in [1.29, 1.82) is 0 Å². The van der Waals surface area contributed by atoms with Crippen LogP contribution in [0.25, 0.3) is 0 Å². The van der Waals surface area contributed by atoms with E-state index in [-0.39, 0.29) is 0 Å². The fourth-order valence-corrected chi connectivity index (χ4v) is 3.82. The zero-order valence-electron chi connectivity index (χ0n) is 10.7. The molecule has 1 heterocycles. The molecule has 0 aliphatic carbocycles. The van der Waals surface area contributed by atoms with Crippen molar-refractivity contribution in [3.8, 4) is 0 Å². The Hall–Kier alpha value is -0.0900. The highest BCUT2D eigenvalue weighted by Gasteiger charge is 2.34. The summed E-state index contributed by atoms with van der Waals surface area (Å²) in [7, 11) is 0. The maximum absolute atomic E-state index is 6.02. The Bertz CT molecular complexity index is 411. The fraction of sp³-hybridized carbons (Fsp3) is 0.571. The number of halogens is 2. The van der Waals surface area contributed by atoms with Gasteiger partial charge in [0.15, 0.2) is 0 Å². The molecule has 100 valence electrons. The molecular weight excluding hydrogens is 312 g/mol. The number of rotatable bonds is 4. The molecule has 0 amide bonds. The van der Waals surface area contributed by atoms with Crippen LogP contribution in [-0.4, -0.2) is 24.5 Å². The number of likely N-dealkylation sites (tertiary alicyclic amines) is 1. The lowest BCUT2D eigenvalue weighted by Gasteiger charge is -2.28. The molecule has 1 aromatic rings. The summed E-state index contributed by atoms with van der Waals surface area (Å²) in [5.41, 5.74) is 7.25. The molecule has 1 aromatic carbocycles. The van der Waals surface area contributed by atoms with Crippen LogP contribution in [0.1, 0.15) is 31.4 Å². The standard InChI is InChI=1S/C14H20BrClN2/c1-2-6-18-7-5-10(9-17)14(18)12-4-3-11(16)8-13(12)15/h3-4,8,10,14H,2,5-7,9,17H2,1H3. The fourth-order valence-electron chi connectivity index (χ4n) is 2.90. The van der Waals surface area contributed by atoms with Gasteiger partial charge in [-0.2, -0.15) is 0 Å². The Kier molecular flexibility index (Phi) is 5.07. The second-order valence-corrected chi connectivity index (χ2v) is 6.22. The van der Waals surface area contributed by atoms with Crippen molar-refractivity contribution in [1.82, 2.24) is 4.90 Å². The Labute approximate surface area is 123 Å². The van der Waals surface area contributed by atoms with Crippen molar-refractivity contribution in [3.05, 3.63) is 33.3 Å². The van der Waals surface area contributed by atoms with Crippen LogP contribution in [0.3, 0.4) is 0 Å². The van der Waals surface area contributed by atoms with E-state index >= 15 is 0 Å². The Balaban J connectivity index is 2.31. The summed E-state index contributed by atoms with van der Waals surface area (Å²) in [4.78, 5) is 2.55. The molecule has 2 N–H and O–H groups in total. The topological polar surface area (TPSA) is 29.3 Å². The Morgan fingerprint density at radius 1 is 1.50 bits per heavy atom. The first-order chi connectivity index (χ1) is 8.67. The van der Waals surface area contributed by atoms with E-state index in [4.69, 9.17) is 17.3 Å². The van der Waals surface area contributed by atoms with Gasteiger partial charge in [-0.1, -0.05) is 40.5 Å². The van der Waals surface area contributed by atoms with Gasteiger partial charge in [0, 0.05) is 15.5 Å². The highest BCUT2D eigenvalue weighted by molar-refractivity contribution is 9.10. The van der Waals surface area contributed by atoms with Crippen LogP contribution in [0, 0.1) is 5.92 Å². The van der Waals surface area contributed by atoms with Gasteiger partial charge >= 0.3 is 0 Å². The van der Waals surface area contributed by atoms with Gasteiger partial charge in [-0.25, -0.2) is 0 Å². The lowest BCUT2D eigenvalue weighted by atomic mass is 9.94. The summed E-state index contributed by atoms with van der Waals surface area (Å²) >= 11 is 9.66. The predicted molar refractivity (Wildman–Crippen MR) is 80.9 cm³/mol. The van der Waals surface area contributed by atoms with E-state index in [9.17, 15) is 0 Å². The molecule has 1 fully saturated rings. The van der Waals surface area contributed by atoms with Crippen molar-refractivity contribution in [3.63, 3.8) is 0 Å². The van der Waals surface area contributed by atoms with Crippen LogP contribution in [-0.2, 0) is 0 Å². The highest BCUT2D eigenvalue weighted by atomic mass is 79.9. The minimum absolute atomic E-state index is 0.432. The lowest BCUT2D eigenvalue weighted by Crippen LogP contribution is -2.29. The zero-order valence-corrected chi connectivity index (χ0v) is 13.0. The highest BCUT2D eigenvalue weighted by Crippen LogP contribution is 2.40. The van der Waals surface area contributed by atoms with Gasteiger partial charge in [-0.3, -0.25) is 4.90 Å². The van der Waals surface area contributed by atoms with Gasteiger partial charge in [-0.15, -0.1) is 0 Å². The monoisotopic (exact) mass is 330 g/mol. The largest absolute Gasteiger partial charge is 0.330 e. The molecule has 0 aromatic heterocycles. The first-order valence-electron chi connectivity index (χ1n) is 6.56. The predicted octanol–water partition coefficient (Wildman–Crippen LogP) is 3.83. The summed E-state index contributed by atoms with van der Waals surface area (Å²) in [5, 5.41) is 0.773. The molecular formula is C14H20BrClN2. The number of nitrogens with two attached hydrogens (primary N) is 1. The van der Waals surface area contributed by atoms with E-state index in [1.165, 1.54) is 18.4 Å². The smallest absolute Gasteiger partial charge is 0.0417 e. The van der Waals surface area contributed by atoms with Gasteiger partial charge < -0.3 is 5.73 Å². The molecule has 0 spiro atoms. The molecule has 2 unspecified atom stereocenters. The van der Waals surface area contributed by atoms with Crippen LogP contribution >= 0.6 is 27.5 Å². The summed E-state index contributed by atoms with van der Waals surface area (Å²) in [6.07, 6.45) is 2.37. The molecule has 0 bridgehead atoms. The van der Waals surface area contributed by atoms with E-state index in [1.54, 1.807) is 0 Å². The molecule has 2 rings (SSSR count). The summed E-state index contributed by atoms with van der Waals surface area (Å²) in [6, 6.07) is 6.51. The molecule has 1 aliphatic rings. The maximum atomic E-state index is 6.02. The lowest BCUT2D eigenvalue weighted by molar-refractivity contribution is 0.230. The number of hydrogen-bond acceptors (Lipinski definition) is 2. The minimum atomic E-state index is 0.432. The summed E-state index contributed by atoms with van der Waals surface area (Å²) in [5.74, 6) is 0.550. The normalized spacial score (nSPS) is 24.7. The Morgan fingerprint density at radius 2 is 2.28 bits per heavy atom. The molecule has 4 heteroatoms. The van der Waals surface area contributed by atoms with Gasteiger partial charge in [0.2, 0.25) is 0 Å². The molecule has 18 heavy (non-hydrogen) atoms. The SMILES string of the molecule is CCCN1CCC(CN)C1c1ccc(Cl)cc1Br. The average Bonchev–Trinajstić information content (AvgIpc) is 2.73. The van der Waals surface area contributed by atoms with Crippen molar-refractivity contribution in [2.45, 2.75) is 25.8 Å². The van der Waals surface area contributed by atoms with Gasteiger partial charge in [0.05, 0.1) is 0 Å². The van der Waals surface area contributed by atoms with Gasteiger partial charge in [0.25, 0.3) is 0 Å².